The Kier molecular flexibility index (Phi) is 9.98. The van der Waals surface area contributed by atoms with E-state index in [1.54, 1.807) is 22.7 Å². The third kappa shape index (κ3) is 6.29. The summed E-state index contributed by atoms with van der Waals surface area (Å²) in [5, 5.41) is 0.961. The van der Waals surface area contributed by atoms with Crippen LogP contribution in [0.25, 0.3) is 33.6 Å². The monoisotopic (exact) mass is 583 g/mol. The maximum atomic E-state index is 13.1. The van der Waals surface area contributed by atoms with Crippen LogP contribution in [-0.2, 0) is 13.3 Å². The van der Waals surface area contributed by atoms with Crippen LogP contribution in [0, 0.1) is 6.92 Å². The Hall–Kier alpha value is -2.53. The van der Waals surface area contributed by atoms with E-state index in [4.69, 9.17) is 17.7 Å². The topological polar surface area (TPSA) is 61.1 Å². The van der Waals surface area contributed by atoms with Gasteiger partial charge in [0, 0.05) is 64.7 Å². The summed E-state index contributed by atoms with van der Waals surface area (Å²) in [7, 11) is -2.91. The van der Waals surface area contributed by atoms with Crippen LogP contribution < -0.4 is 15.0 Å². The van der Waals surface area contributed by atoms with Crippen molar-refractivity contribution in [1.29, 1.82) is 0 Å². The first-order chi connectivity index (χ1) is 18.9. The molecule has 0 aliphatic carbocycles. The SMILES string of the molecule is CCO[Si](OCC)(OCC)c1ccc(/C=C/c2ccc(-c3c(C)c4ccc(N(CC)CC)cc4oc3=O)s2)s1. The van der Waals surface area contributed by atoms with E-state index < -0.39 is 8.80 Å². The Morgan fingerprint density at radius 2 is 1.46 bits per heavy atom. The van der Waals surface area contributed by atoms with Crippen molar-refractivity contribution in [2.24, 2.45) is 0 Å². The highest BCUT2D eigenvalue weighted by Crippen LogP contribution is 2.34. The quantitative estimate of drug-likeness (QED) is 0.123. The minimum absolute atomic E-state index is 0.305. The lowest BCUT2D eigenvalue weighted by atomic mass is 10.0. The van der Waals surface area contributed by atoms with Crippen LogP contribution in [0.5, 0.6) is 0 Å². The first-order valence-corrected chi connectivity index (χ1v) is 16.9. The molecule has 0 saturated carbocycles. The average Bonchev–Trinajstić information content (AvgIpc) is 3.59. The standard InChI is InChI=1S/C30H37NO5S2Si/c1-7-31(8-2)22-12-17-25-21(6)29(30(32)36-26(25)20-22)27-18-15-23(37-27)13-14-24-16-19-28(38-24)39(33-9-3,34-10-4)35-11-5/h12-20H,7-11H2,1-6H3/b14-13+. The Bertz CT molecular complexity index is 1470. The largest absolute Gasteiger partial charge is 0.547 e. The molecule has 3 heterocycles. The lowest BCUT2D eigenvalue weighted by molar-refractivity contribution is 0.0866. The molecule has 0 N–H and O–H groups in total. The average molecular weight is 584 g/mol. The number of hydrogen-bond donors (Lipinski definition) is 0. The number of fused-ring (bicyclic) bond motifs is 1. The molecule has 0 atom stereocenters. The van der Waals surface area contributed by atoms with Gasteiger partial charge in [0.2, 0.25) is 0 Å². The molecule has 0 saturated heterocycles. The lowest BCUT2D eigenvalue weighted by Gasteiger charge is -2.27. The summed E-state index contributed by atoms with van der Waals surface area (Å²) in [5.41, 5.74) is 2.95. The summed E-state index contributed by atoms with van der Waals surface area (Å²) < 4.78 is 25.0. The van der Waals surface area contributed by atoms with Gasteiger partial charge in [0.05, 0.1) is 10.1 Å². The fourth-order valence-corrected chi connectivity index (χ4v) is 9.82. The summed E-state index contributed by atoms with van der Waals surface area (Å²) in [6.45, 7) is 15.5. The van der Waals surface area contributed by atoms with Crippen molar-refractivity contribution >= 4 is 64.8 Å². The molecule has 1 aromatic carbocycles. The van der Waals surface area contributed by atoms with Gasteiger partial charge in [-0.2, -0.15) is 0 Å². The maximum Gasteiger partial charge on any atom is 0.547 e. The van der Waals surface area contributed by atoms with Gasteiger partial charge < -0.3 is 22.6 Å². The highest BCUT2D eigenvalue weighted by Gasteiger charge is 2.44. The van der Waals surface area contributed by atoms with Crippen LogP contribution in [0.2, 0.25) is 0 Å². The Morgan fingerprint density at radius 1 is 0.846 bits per heavy atom. The molecule has 3 aromatic heterocycles. The number of hydrogen-bond acceptors (Lipinski definition) is 8. The van der Waals surface area contributed by atoms with E-state index in [0.717, 1.165) is 48.9 Å². The first-order valence-electron chi connectivity index (χ1n) is 13.5. The van der Waals surface area contributed by atoms with E-state index in [2.05, 4.69) is 49.1 Å². The number of anilines is 1. The van der Waals surface area contributed by atoms with E-state index in [9.17, 15) is 4.79 Å². The molecule has 0 bridgehead atoms. The second kappa shape index (κ2) is 13.2. The molecule has 4 aromatic rings. The highest BCUT2D eigenvalue weighted by molar-refractivity contribution is 7.24. The van der Waals surface area contributed by atoms with Gasteiger partial charge in [-0.1, -0.05) is 0 Å². The third-order valence-electron chi connectivity index (χ3n) is 6.50. The number of rotatable bonds is 13. The lowest BCUT2D eigenvalue weighted by Crippen LogP contribution is -2.55. The number of aryl methyl sites for hydroxylation is 1. The van der Waals surface area contributed by atoms with E-state index >= 15 is 0 Å². The Balaban J connectivity index is 1.60. The van der Waals surface area contributed by atoms with Crippen LogP contribution in [0.3, 0.4) is 0 Å². The molecule has 39 heavy (non-hydrogen) atoms. The van der Waals surface area contributed by atoms with Crippen molar-refractivity contribution in [2.45, 2.75) is 41.5 Å². The van der Waals surface area contributed by atoms with Crippen molar-refractivity contribution in [3.8, 4) is 10.4 Å². The molecular weight excluding hydrogens is 547 g/mol. The summed E-state index contributed by atoms with van der Waals surface area (Å²) in [5.74, 6) is 0. The molecule has 0 amide bonds. The van der Waals surface area contributed by atoms with Crippen LogP contribution in [0.1, 0.15) is 49.9 Å². The van der Waals surface area contributed by atoms with E-state index in [1.165, 1.54) is 0 Å². The first kappa shape index (κ1) is 29.4. The van der Waals surface area contributed by atoms with Crippen LogP contribution in [0.4, 0.5) is 5.69 Å². The van der Waals surface area contributed by atoms with Crippen molar-refractivity contribution in [3.05, 3.63) is 68.2 Å². The molecule has 0 fully saturated rings. The highest BCUT2D eigenvalue weighted by atomic mass is 32.1. The van der Waals surface area contributed by atoms with Gasteiger partial charge in [0.15, 0.2) is 0 Å². The number of thiophene rings is 2. The van der Waals surface area contributed by atoms with E-state index in [0.29, 0.717) is 31.0 Å². The van der Waals surface area contributed by atoms with Crippen LogP contribution in [0.15, 0.2) is 51.7 Å². The van der Waals surface area contributed by atoms with Gasteiger partial charge in [-0.3, -0.25) is 0 Å². The van der Waals surface area contributed by atoms with Crippen molar-refractivity contribution < 1.29 is 17.7 Å². The summed E-state index contributed by atoms with van der Waals surface area (Å²) in [6.07, 6.45) is 4.15. The zero-order valence-corrected chi connectivity index (χ0v) is 26.2. The molecule has 9 heteroatoms. The fraction of sp³-hybridized carbons (Fsp3) is 0.367. The predicted molar refractivity (Wildman–Crippen MR) is 168 cm³/mol. The second-order valence-electron chi connectivity index (χ2n) is 8.83. The van der Waals surface area contributed by atoms with Crippen LogP contribution >= 0.6 is 22.7 Å². The van der Waals surface area contributed by atoms with Gasteiger partial charge in [0.1, 0.15) is 5.58 Å². The van der Waals surface area contributed by atoms with Gasteiger partial charge in [0.25, 0.3) is 0 Å². The third-order valence-corrected chi connectivity index (χ3v) is 12.3. The van der Waals surface area contributed by atoms with Crippen LogP contribution in [-0.4, -0.2) is 41.7 Å². The summed E-state index contributed by atoms with van der Waals surface area (Å²) >= 11 is 3.21. The maximum absolute atomic E-state index is 13.1. The zero-order valence-electron chi connectivity index (χ0n) is 23.5. The molecular formula is C30H37NO5S2Si. The fourth-order valence-electron chi connectivity index (χ4n) is 4.67. The molecule has 0 aliphatic rings. The zero-order chi connectivity index (χ0) is 28.0. The normalized spacial score (nSPS) is 12.2. The van der Waals surface area contributed by atoms with E-state index in [1.807, 2.05) is 52.0 Å². The predicted octanol–water partition coefficient (Wildman–Crippen LogP) is 7.16. The molecule has 0 spiro atoms. The Morgan fingerprint density at radius 3 is 2.08 bits per heavy atom. The minimum atomic E-state index is -2.91. The number of nitrogens with zero attached hydrogens (tertiary/aromatic N) is 1. The van der Waals surface area contributed by atoms with Crippen molar-refractivity contribution in [3.63, 3.8) is 0 Å². The van der Waals surface area contributed by atoms with Crippen molar-refractivity contribution in [1.82, 2.24) is 0 Å². The smallest absolute Gasteiger partial charge is 0.422 e. The summed E-state index contributed by atoms with van der Waals surface area (Å²) in [6, 6.07) is 14.3. The Labute approximate surface area is 239 Å². The molecule has 6 nitrogen and oxygen atoms in total. The molecule has 0 unspecified atom stereocenters. The van der Waals surface area contributed by atoms with E-state index in [-0.39, 0.29) is 5.63 Å². The van der Waals surface area contributed by atoms with Gasteiger partial charge in [-0.05, 0) is 95.7 Å². The number of benzene rings is 1. The molecule has 4 rings (SSSR count). The van der Waals surface area contributed by atoms with Gasteiger partial charge in [-0.25, -0.2) is 4.79 Å². The molecule has 208 valence electrons. The van der Waals surface area contributed by atoms with Gasteiger partial charge in [-0.15, -0.1) is 22.7 Å². The van der Waals surface area contributed by atoms with Gasteiger partial charge >= 0.3 is 14.4 Å². The minimum Gasteiger partial charge on any atom is -0.422 e. The second-order valence-corrected chi connectivity index (χ2v) is 13.9. The molecule has 0 aliphatic heterocycles. The van der Waals surface area contributed by atoms with Crippen molar-refractivity contribution in [2.75, 3.05) is 37.8 Å². The molecule has 0 radical (unpaired) electrons. The summed E-state index contributed by atoms with van der Waals surface area (Å²) in [4.78, 5) is 18.4.